The van der Waals surface area contributed by atoms with E-state index < -0.39 is 6.10 Å². The minimum absolute atomic E-state index is 0.0594. The van der Waals surface area contributed by atoms with Crippen LogP contribution in [0.5, 0.6) is 0 Å². The third-order valence-electron chi connectivity index (χ3n) is 4.21. The fraction of sp³-hybridized carbons (Fsp3) is 0.600. The lowest BCUT2D eigenvalue weighted by Gasteiger charge is -2.36. The van der Waals surface area contributed by atoms with E-state index in [1.807, 2.05) is 11.9 Å². The fourth-order valence-electron chi connectivity index (χ4n) is 2.90. The van der Waals surface area contributed by atoms with Gasteiger partial charge in [0.2, 0.25) is 0 Å². The summed E-state index contributed by atoms with van der Waals surface area (Å²) in [5.74, 6) is 0. The summed E-state index contributed by atoms with van der Waals surface area (Å²) < 4.78 is 0. The minimum atomic E-state index is -0.705. The van der Waals surface area contributed by atoms with Crippen molar-refractivity contribution in [1.29, 1.82) is 0 Å². The molecule has 1 heterocycles. The molecule has 1 N–H and O–H groups in total. The van der Waals surface area contributed by atoms with Crippen LogP contribution >= 0.6 is 0 Å². The molecule has 0 aliphatic carbocycles. The third kappa shape index (κ3) is 3.51. The van der Waals surface area contributed by atoms with E-state index in [1.54, 1.807) is 19.1 Å². The number of aliphatic hydroxyl groups excluding tert-OH is 1. The standard InChI is InChI=1S/C15H23N3O3/c1-11(19)12-6-7-14(15(9-12)18(20)21)17(3)13-5-4-8-16(2)10-13/h6-7,9,11,13,19H,4-5,8,10H2,1-3H3/t11-,13?/m0/s1. The molecular formula is C15H23N3O3. The van der Waals surface area contributed by atoms with Crippen LogP contribution in [0, 0.1) is 10.1 Å². The van der Waals surface area contributed by atoms with Crippen molar-refractivity contribution in [3.63, 3.8) is 0 Å². The van der Waals surface area contributed by atoms with E-state index in [-0.39, 0.29) is 16.7 Å². The van der Waals surface area contributed by atoms with Crippen LogP contribution in [0.4, 0.5) is 11.4 Å². The number of rotatable bonds is 4. The molecule has 2 atom stereocenters. The second kappa shape index (κ2) is 6.41. The molecule has 1 unspecified atom stereocenters. The number of nitrogens with zero attached hydrogens (tertiary/aromatic N) is 3. The van der Waals surface area contributed by atoms with Crippen molar-refractivity contribution in [2.24, 2.45) is 0 Å². The second-order valence-electron chi connectivity index (χ2n) is 5.85. The maximum absolute atomic E-state index is 11.3. The summed E-state index contributed by atoms with van der Waals surface area (Å²) >= 11 is 0. The lowest BCUT2D eigenvalue weighted by Crippen LogP contribution is -2.45. The molecule has 1 fully saturated rings. The lowest BCUT2D eigenvalue weighted by atomic mass is 10.0. The molecule has 116 valence electrons. The number of benzene rings is 1. The number of nitro benzene ring substituents is 1. The van der Waals surface area contributed by atoms with Gasteiger partial charge in [0.25, 0.3) is 5.69 Å². The first kappa shape index (κ1) is 15.7. The zero-order chi connectivity index (χ0) is 15.6. The van der Waals surface area contributed by atoms with Crippen molar-refractivity contribution in [2.75, 3.05) is 32.1 Å². The Morgan fingerprint density at radius 1 is 1.52 bits per heavy atom. The van der Waals surface area contributed by atoms with Gasteiger partial charge in [0.15, 0.2) is 0 Å². The van der Waals surface area contributed by atoms with Gasteiger partial charge < -0.3 is 14.9 Å². The number of hydrogen-bond donors (Lipinski definition) is 1. The molecule has 0 radical (unpaired) electrons. The first-order chi connectivity index (χ1) is 9.90. The van der Waals surface area contributed by atoms with E-state index in [0.29, 0.717) is 11.3 Å². The van der Waals surface area contributed by atoms with Gasteiger partial charge in [-0.15, -0.1) is 0 Å². The number of nitro groups is 1. The first-order valence-electron chi connectivity index (χ1n) is 7.28. The molecule has 6 nitrogen and oxygen atoms in total. The molecule has 2 rings (SSSR count). The molecule has 0 bridgehead atoms. The van der Waals surface area contributed by atoms with Crippen molar-refractivity contribution in [2.45, 2.75) is 31.9 Å². The van der Waals surface area contributed by atoms with E-state index in [0.717, 1.165) is 25.9 Å². The molecule has 21 heavy (non-hydrogen) atoms. The van der Waals surface area contributed by atoms with Crippen LogP contribution in [-0.4, -0.2) is 48.2 Å². The van der Waals surface area contributed by atoms with Crippen LogP contribution in [0.15, 0.2) is 18.2 Å². The maximum Gasteiger partial charge on any atom is 0.292 e. The molecule has 6 heteroatoms. The summed E-state index contributed by atoms with van der Waals surface area (Å²) in [4.78, 5) is 15.2. The lowest BCUT2D eigenvalue weighted by molar-refractivity contribution is -0.384. The molecule has 0 spiro atoms. The SMILES string of the molecule is C[C@H](O)c1ccc(N(C)C2CCCN(C)C2)c([N+](=O)[O-])c1. The molecule has 1 aromatic carbocycles. The van der Waals surface area contributed by atoms with Crippen LogP contribution in [-0.2, 0) is 0 Å². The van der Waals surface area contributed by atoms with Crippen molar-refractivity contribution in [1.82, 2.24) is 4.90 Å². The molecular weight excluding hydrogens is 270 g/mol. The number of aliphatic hydroxyl groups is 1. The summed E-state index contributed by atoms with van der Waals surface area (Å²) in [6.07, 6.45) is 1.44. The highest BCUT2D eigenvalue weighted by molar-refractivity contribution is 5.64. The molecule has 1 aromatic rings. The van der Waals surface area contributed by atoms with Crippen molar-refractivity contribution >= 4 is 11.4 Å². The summed E-state index contributed by atoms with van der Waals surface area (Å²) in [6.45, 7) is 3.59. The molecule has 1 aliphatic heterocycles. The Labute approximate surface area is 125 Å². The molecule has 0 amide bonds. The minimum Gasteiger partial charge on any atom is -0.389 e. The van der Waals surface area contributed by atoms with E-state index in [2.05, 4.69) is 11.9 Å². The first-order valence-corrected chi connectivity index (χ1v) is 7.28. The second-order valence-corrected chi connectivity index (χ2v) is 5.85. The summed E-state index contributed by atoms with van der Waals surface area (Å²) in [7, 11) is 3.99. The number of likely N-dealkylation sites (N-methyl/N-ethyl adjacent to an activating group) is 2. The van der Waals surface area contributed by atoms with Gasteiger partial charge >= 0.3 is 0 Å². The van der Waals surface area contributed by atoms with Crippen LogP contribution in [0.25, 0.3) is 0 Å². The highest BCUT2D eigenvalue weighted by Gasteiger charge is 2.26. The normalized spacial score (nSPS) is 21.0. The third-order valence-corrected chi connectivity index (χ3v) is 4.21. The van der Waals surface area contributed by atoms with Gasteiger partial charge in [-0.1, -0.05) is 6.07 Å². The van der Waals surface area contributed by atoms with Crippen LogP contribution in [0.2, 0.25) is 0 Å². The Morgan fingerprint density at radius 2 is 2.24 bits per heavy atom. The van der Waals surface area contributed by atoms with Gasteiger partial charge in [0, 0.05) is 25.7 Å². The van der Waals surface area contributed by atoms with E-state index in [4.69, 9.17) is 0 Å². The zero-order valence-corrected chi connectivity index (χ0v) is 12.8. The molecule has 0 aromatic heterocycles. The number of hydrogen-bond acceptors (Lipinski definition) is 5. The molecule has 1 saturated heterocycles. The highest BCUT2D eigenvalue weighted by Crippen LogP contribution is 2.32. The predicted molar refractivity (Wildman–Crippen MR) is 82.7 cm³/mol. The molecule has 1 aliphatic rings. The average molecular weight is 293 g/mol. The zero-order valence-electron chi connectivity index (χ0n) is 12.8. The largest absolute Gasteiger partial charge is 0.389 e. The fourth-order valence-corrected chi connectivity index (χ4v) is 2.90. The number of likely N-dealkylation sites (tertiary alicyclic amines) is 1. The highest BCUT2D eigenvalue weighted by atomic mass is 16.6. The monoisotopic (exact) mass is 293 g/mol. The quantitative estimate of drug-likeness (QED) is 0.680. The van der Waals surface area contributed by atoms with Crippen LogP contribution in [0.1, 0.15) is 31.4 Å². The van der Waals surface area contributed by atoms with E-state index in [1.165, 1.54) is 6.07 Å². The van der Waals surface area contributed by atoms with Crippen LogP contribution < -0.4 is 4.90 Å². The Kier molecular flexibility index (Phi) is 4.80. The molecule has 0 saturated carbocycles. The smallest absolute Gasteiger partial charge is 0.292 e. The predicted octanol–water partition coefficient (Wildman–Crippen LogP) is 2.18. The van der Waals surface area contributed by atoms with Crippen molar-refractivity contribution in [3.8, 4) is 0 Å². The summed E-state index contributed by atoms with van der Waals surface area (Å²) in [5.41, 5.74) is 1.24. The van der Waals surface area contributed by atoms with Gasteiger partial charge in [-0.3, -0.25) is 10.1 Å². The van der Waals surface area contributed by atoms with Gasteiger partial charge in [-0.05, 0) is 45.0 Å². The van der Waals surface area contributed by atoms with Gasteiger partial charge in [-0.25, -0.2) is 0 Å². The number of piperidine rings is 1. The van der Waals surface area contributed by atoms with Crippen LogP contribution in [0.3, 0.4) is 0 Å². The van der Waals surface area contributed by atoms with Gasteiger partial charge in [-0.2, -0.15) is 0 Å². The topological polar surface area (TPSA) is 69.8 Å². The van der Waals surface area contributed by atoms with Crippen molar-refractivity contribution in [3.05, 3.63) is 33.9 Å². The summed E-state index contributed by atoms with van der Waals surface area (Å²) in [6, 6.07) is 5.26. The Balaban J connectivity index is 2.31. The van der Waals surface area contributed by atoms with Gasteiger partial charge in [0.1, 0.15) is 5.69 Å². The summed E-state index contributed by atoms with van der Waals surface area (Å²) in [5, 5.41) is 20.9. The van der Waals surface area contributed by atoms with E-state index in [9.17, 15) is 15.2 Å². The van der Waals surface area contributed by atoms with Crippen molar-refractivity contribution < 1.29 is 10.0 Å². The Bertz CT molecular complexity index is 519. The maximum atomic E-state index is 11.3. The van der Waals surface area contributed by atoms with E-state index >= 15 is 0 Å². The Morgan fingerprint density at radius 3 is 2.81 bits per heavy atom. The average Bonchev–Trinajstić information content (AvgIpc) is 2.45. The number of anilines is 1. The van der Waals surface area contributed by atoms with Gasteiger partial charge in [0.05, 0.1) is 11.0 Å². The Hall–Kier alpha value is -1.66.